The highest BCUT2D eigenvalue weighted by molar-refractivity contribution is 8.01. The van der Waals surface area contributed by atoms with E-state index in [-0.39, 0.29) is 11.7 Å². The summed E-state index contributed by atoms with van der Waals surface area (Å²) in [5.74, 6) is -0.221. The molecule has 0 fully saturated rings. The quantitative estimate of drug-likeness (QED) is 0.712. The summed E-state index contributed by atoms with van der Waals surface area (Å²) in [6, 6.07) is 4.31. The molecule has 24 heavy (non-hydrogen) atoms. The number of nitrogens with one attached hydrogen (secondary N) is 2. The number of anilines is 2. The number of halogens is 3. The predicted octanol–water partition coefficient (Wildman–Crippen LogP) is 4.11. The molecule has 2 rings (SSSR count). The Morgan fingerprint density at radius 2 is 1.96 bits per heavy atom. The fourth-order valence-electron chi connectivity index (χ4n) is 1.64. The molecule has 0 unspecified atom stereocenters. The third-order valence-electron chi connectivity index (χ3n) is 2.76. The van der Waals surface area contributed by atoms with Gasteiger partial charge < -0.3 is 10.6 Å². The van der Waals surface area contributed by atoms with Gasteiger partial charge in [-0.2, -0.15) is 13.2 Å². The first kappa shape index (κ1) is 18.5. The van der Waals surface area contributed by atoms with Gasteiger partial charge in [-0.3, -0.25) is 4.79 Å². The summed E-state index contributed by atoms with van der Waals surface area (Å²) in [6.45, 7) is 2.84. The molecule has 1 amide bonds. The molecule has 0 saturated heterocycles. The molecule has 0 radical (unpaired) electrons. The van der Waals surface area contributed by atoms with E-state index in [0.29, 0.717) is 15.2 Å². The Morgan fingerprint density at radius 1 is 1.25 bits per heavy atom. The second kappa shape index (κ2) is 8.34. The lowest BCUT2D eigenvalue weighted by atomic mass is 10.2. The minimum Gasteiger partial charge on any atom is -0.360 e. The highest BCUT2D eigenvalue weighted by atomic mass is 32.2. The van der Waals surface area contributed by atoms with E-state index in [1.54, 1.807) is 0 Å². The SMILES string of the molecule is CCCNc1nnc(SCC(=O)Nc2ccc(C(F)(F)F)cc2)s1. The van der Waals surface area contributed by atoms with Crippen LogP contribution in [0.2, 0.25) is 0 Å². The zero-order chi connectivity index (χ0) is 17.6. The van der Waals surface area contributed by atoms with E-state index in [1.165, 1.54) is 35.2 Å². The summed E-state index contributed by atoms with van der Waals surface area (Å²) in [7, 11) is 0. The molecule has 1 aromatic heterocycles. The van der Waals surface area contributed by atoms with Crippen molar-refractivity contribution >= 4 is 39.8 Å². The number of alkyl halides is 3. The van der Waals surface area contributed by atoms with Crippen LogP contribution in [0.3, 0.4) is 0 Å². The third kappa shape index (κ3) is 5.68. The summed E-state index contributed by atoms with van der Waals surface area (Å²) < 4.78 is 38.0. The molecule has 0 aliphatic carbocycles. The molecule has 0 spiro atoms. The van der Waals surface area contributed by atoms with Crippen LogP contribution in [-0.4, -0.2) is 28.4 Å². The van der Waals surface area contributed by atoms with Crippen molar-refractivity contribution in [1.29, 1.82) is 0 Å². The summed E-state index contributed by atoms with van der Waals surface area (Å²) in [5.41, 5.74) is -0.438. The van der Waals surface area contributed by atoms with Gasteiger partial charge in [0.15, 0.2) is 4.34 Å². The largest absolute Gasteiger partial charge is 0.416 e. The molecule has 0 atom stereocenters. The topological polar surface area (TPSA) is 66.9 Å². The Kier molecular flexibility index (Phi) is 6.44. The molecule has 0 aliphatic rings. The van der Waals surface area contributed by atoms with Crippen LogP contribution >= 0.6 is 23.1 Å². The fourth-order valence-corrected chi connectivity index (χ4v) is 3.22. The Hall–Kier alpha value is -1.81. The van der Waals surface area contributed by atoms with Crippen LogP contribution in [0.5, 0.6) is 0 Å². The number of carbonyl (C=O) groups excluding carboxylic acids is 1. The molecule has 1 heterocycles. The molecule has 1 aromatic carbocycles. The van der Waals surface area contributed by atoms with Crippen LogP contribution in [0, 0.1) is 0 Å². The number of thioether (sulfide) groups is 1. The van der Waals surface area contributed by atoms with Crippen LogP contribution in [0.25, 0.3) is 0 Å². The number of carbonyl (C=O) groups is 1. The number of rotatable bonds is 7. The van der Waals surface area contributed by atoms with E-state index >= 15 is 0 Å². The van der Waals surface area contributed by atoms with Crippen LogP contribution in [0.4, 0.5) is 24.0 Å². The van der Waals surface area contributed by atoms with Crippen molar-refractivity contribution in [2.24, 2.45) is 0 Å². The Bertz CT molecular complexity index is 673. The van der Waals surface area contributed by atoms with Gasteiger partial charge in [-0.1, -0.05) is 30.0 Å². The molecule has 0 saturated carbocycles. The van der Waals surface area contributed by atoms with Gasteiger partial charge in [0, 0.05) is 12.2 Å². The van der Waals surface area contributed by atoms with Gasteiger partial charge >= 0.3 is 6.18 Å². The minimum absolute atomic E-state index is 0.101. The number of benzene rings is 1. The summed E-state index contributed by atoms with van der Waals surface area (Å²) in [5, 5.41) is 14.2. The zero-order valence-electron chi connectivity index (χ0n) is 12.7. The molecule has 2 N–H and O–H groups in total. The normalized spacial score (nSPS) is 11.3. The van der Waals surface area contributed by atoms with E-state index in [4.69, 9.17) is 0 Å². The van der Waals surface area contributed by atoms with E-state index < -0.39 is 11.7 Å². The molecular formula is C14H15F3N4OS2. The fraction of sp³-hybridized carbons (Fsp3) is 0.357. The van der Waals surface area contributed by atoms with Gasteiger partial charge in [-0.05, 0) is 30.7 Å². The first-order valence-electron chi connectivity index (χ1n) is 7.05. The highest BCUT2D eigenvalue weighted by Gasteiger charge is 2.29. The average Bonchev–Trinajstić information content (AvgIpc) is 2.98. The zero-order valence-corrected chi connectivity index (χ0v) is 14.3. The molecule has 0 aliphatic heterocycles. The van der Waals surface area contributed by atoms with E-state index in [2.05, 4.69) is 20.8 Å². The van der Waals surface area contributed by atoms with Gasteiger partial charge in [0.1, 0.15) is 0 Å². The van der Waals surface area contributed by atoms with E-state index in [0.717, 1.165) is 25.1 Å². The molecule has 2 aromatic rings. The molecule has 5 nitrogen and oxygen atoms in total. The number of hydrogen-bond donors (Lipinski definition) is 2. The van der Waals surface area contributed by atoms with Crippen molar-refractivity contribution < 1.29 is 18.0 Å². The van der Waals surface area contributed by atoms with Gasteiger partial charge in [-0.15, -0.1) is 10.2 Å². The summed E-state index contributed by atoms with van der Waals surface area (Å²) >= 11 is 2.57. The monoisotopic (exact) mass is 376 g/mol. The Balaban J connectivity index is 1.81. The minimum atomic E-state index is -4.39. The maximum Gasteiger partial charge on any atom is 0.416 e. The maximum atomic E-state index is 12.5. The summed E-state index contributed by atoms with van der Waals surface area (Å²) in [6.07, 6.45) is -3.42. The standard InChI is InChI=1S/C14H15F3N4OS2/c1-2-7-18-12-20-21-13(24-12)23-8-11(22)19-10-5-3-9(4-6-10)14(15,16)17/h3-6H,2,7-8H2,1H3,(H,18,20)(H,19,22). The number of aromatic nitrogens is 2. The lowest BCUT2D eigenvalue weighted by Crippen LogP contribution is -2.14. The van der Waals surface area contributed by atoms with Crippen molar-refractivity contribution in [2.75, 3.05) is 22.9 Å². The van der Waals surface area contributed by atoms with Crippen molar-refractivity contribution in [3.8, 4) is 0 Å². The average molecular weight is 376 g/mol. The van der Waals surface area contributed by atoms with Gasteiger partial charge in [-0.25, -0.2) is 0 Å². The van der Waals surface area contributed by atoms with E-state index in [9.17, 15) is 18.0 Å². The van der Waals surface area contributed by atoms with Gasteiger partial charge in [0.2, 0.25) is 11.0 Å². The smallest absolute Gasteiger partial charge is 0.360 e. The predicted molar refractivity (Wildman–Crippen MR) is 89.5 cm³/mol. The number of amides is 1. The Morgan fingerprint density at radius 3 is 2.58 bits per heavy atom. The molecular weight excluding hydrogens is 361 g/mol. The second-order valence-electron chi connectivity index (χ2n) is 4.71. The first-order valence-corrected chi connectivity index (χ1v) is 8.86. The first-order chi connectivity index (χ1) is 11.4. The molecule has 130 valence electrons. The van der Waals surface area contributed by atoms with Gasteiger partial charge in [0.05, 0.1) is 11.3 Å². The van der Waals surface area contributed by atoms with Crippen molar-refractivity contribution in [3.63, 3.8) is 0 Å². The highest BCUT2D eigenvalue weighted by Crippen LogP contribution is 2.30. The van der Waals surface area contributed by atoms with Crippen LogP contribution in [-0.2, 0) is 11.0 Å². The van der Waals surface area contributed by atoms with Crippen LogP contribution < -0.4 is 10.6 Å². The van der Waals surface area contributed by atoms with Crippen molar-refractivity contribution in [2.45, 2.75) is 23.9 Å². The lowest BCUT2D eigenvalue weighted by molar-refractivity contribution is -0.137. The lowest BCUT2D eigenvalue weighted by Gasteiger charge is -2.08. The number of hydrogen-bond acceptors (Lipinski definition) is 6. The van der Waals surface area contributed by atoms with Gasteiger partial charge in [0.25, 0.3) is 0 Å². The van der Waals surface area contributed by atoms with Crippen molar-refractivity contribution in [1.82, 2.24) is 10.2 Å². The van der Waals surface area contributed by atoms with E-state index in [1.807, 2.05) is 6.92 Å². The Labute approximate surface area is 145 Å². The molecule has 10 heteroatoms. The molecule has 0 bridgehead atoms. The van der Waals surface area contributed by atoms with Crippen molar-refractivity contribution in [3.05, 3.63) is 29.8 Å². The summed E-state index contributed by atoms with van der Waals surface area (Å²) in [4.78, 5) is 11.8. The van der Waals surface area contributed by atoms with Crippen LogP contribution in [0.15, 0.2) is 28.6 Å². The third-order valence-corrected chi connectivity index (χ3v) is 4.77. The van der Waals surface area contributed by atoms with Crippen LogP contribution in [0.1, 0.15) is 18.9 Å². The maximum absolute atomic E-state index is 12.5. The number of nitrogens with zero attached hydrogens (tertiary/aromatic N) is 2. The second-order valence-corrected chi connectivity index (χ2v) is 6.91.